The lowest BCUT2D eigenvalue weighted by molar-refractivity contribution is -0.132. The standard InChI is InChI=1S/C20H19NO5S/c1-21(14-17-6-5-13-25-17)20(22)15-26-16-9-11-19(12-10-16)27(23,24)18-7-3-2-4-8-18/h2-13H,14-15H2,1H3. The van der Waals surface area contributed by atoms with Gasteiger partial charge in [0.2, 0.25) is 9.84 Å². The average molecular weight is 385 g/mol. The topological polar surface area (TPSA) is 76.8 Å². The highest BCUT2D eigenvalue weighted by Gasteiger charge is 2.17. The second kappa shape index (κ2) is 8.09. The molecule has 6 nitrogen and oxygen atoms in total. The molecule has 0 aliphatic carbocycles. The Kier molecular flexibility index (Phi) is 5.61. The highest BCUT2D eigenvalue weighted by molar-refractivity contribution is 7.91. The van der Waals surface area contributed by atoms with Gasteiger partial charge < -0.3 is 14.1 Å². The summed E-state index contributed by atoms with van der Waals surface area (Å²) in [6.07, 6.45) is 1.55. The van der Waals surface area contributed by atoms with Gasteiger partial charge in [0.1, 0.15) is 11.5 Å². The summed E-state index contributed by atoms with van der Waals surface area (Å²) in [5.41, 5.74) is 0. The molecule has 0 radical (unpaired) electrons. The Balaban J connectivity index is 1.60. The van der Waals surface area contributed by atoms with Crippen LogP contribution in [0.15, 0.2) is 87.2 Å². The van der Waals surface area contributed by atoms with E-state index in [2.05, 4.69) is 0 Å². The number of rotatable bonds is 7. The summed E-state index contributed by atoms with van der Waals surface area (Å²) in [6, 6.07) is 17.8. The molecule has 0 fully saturated rings. The van der Waals surface area contributed by atoms with E-state index >= 15 is 0 Å². The molecule has 2 aromatic carbocycles. The Morgan fingerprint density at radius 2 is 1.63 bits per heavy atom. The molecule has 27 heavy (non-hydrogen) atoms. The molecule has 1 heterocycles. The van der Waals surface area contributed by atoms with Crippen molar-refractivity contribution in [1.29, 1.82) is 0 Å². The summed E-state index contributed by atoms with van der Waals surface area (Å²) in [5.74, 6) is 0.885. The molecule has 3 rings (SSSR count). The third-order valence-electron chi connectivity index (χ3n) is 3.95. The largest absolute Gasteiger partial charge is 0.484 e. The number of benzene rings is 2. The fraction of sp³-hybridized carbons (Fsp3) is 0.150. The van der Waals surface area contributed by atoms with Gasteiger partial charge in [-0.25, -0.2) is 8.42 Å². The lowest BCUT2D eigenvalue weighted by Crippen LogP contribution is -2.30. The van der Waals surface area contributed by atoms with Crippen LogP contribution in [0.25, 0.3) is 0 Å². The predicted molar refractivity (Wildman–Crippen MR) is 99.0 cm³/mol. The number of sulfone groups is 1. The first-order valence-electron chi connectivity index (χ1n) is 8.26. The van der Waals surface area contributed by atoms with Crippen molar-refractivity contribution >= 4 is 15.7 Å². The maximum atomic E-state index is 12.5. The van der Waals surface area contributed by atoms with Crippen molar-refractivity contribution < 1.29 is 22.4 Å². The van der Waals surface area contributed by atoms with Crippen molar-refractivity contribution in [2.24, 2.45) is 0 Å². The van der Waals surface area contributed by atoms with Crippen LogP contribution < -0.4 is 4.74 Å². The normalized spacial score (nSPS) is 11.1. The highest BCUT2D eigenvalue weighted by Crippen LogP contribution is 2.22. The summed E-state index contributed by atoms with van der Waals surface area (Å²) < 4.78 is 35.8. The van der Waals surface area contributed by atoms with Gasteiger partial charge in [-0.05, 0) is 48.5 Å². The van der Waals surface area contributed by atoms with E-state index in [1.165, 1.54) is 29.2 Å². The van der Waals surface area contributed by atoms with Crippen LogP contribution in [0.5, 0.6) is 5.75 Å². The van der Waals surface area contributed by atoms with Crippen molar-refractivity contribution in [2.75, 3.05) is 13.7 Å². The Labute approximate surface area is 157 Å². The van der Waals surface area contributed by atoms with Crippen molar-refractivity contribution in [3.8, 4) is 5.75 Å². The van der Waals surface area contributed by atoms with Gasteiger partial charge >= 0.3 is 0 Å². The van der Waals surface area contributed by atoms with Gasteiger partial charge in [-0.15, -0.1) is 0 Å². The van der Waals surface area contributed by atoms with Crippen molar-refractivity contribution in [1.82, 2.24) is 4.90 Å². The Morgan fingerprint density at radius 1 is 0.963 bits per heavy atom. The molecule has 0 aliphatic rings. The molecule has 0 bridgehead atoms. The molecule has 0 unspecified atom stereocenters. The number of carbonyl (C=O) groups excluding carboxylic acids is 1. The van der Waals surface area contributed by atoms with E-state index in [-0.39, 0.29) is 22.3 Å². The molecular weight excluding hydrogens is 366 g/mol. The van der Waals surface area contributed by atoms with Gasteiger partial charge in [0.15, 0.2) is 6.61 Å². The molecule has 0 saturated heterocycles. The van der Waals surface area contributed by atoms with E-state index in [9.17, 15) is 13.2 Å². The molecule has 0 saturated carbocycles. The van der Waals surface area contributed by atoms with E-state index in [1.54, 1.807) is 55.8 Å². The monoisotopic (exact) mass is 385 g/mol. The fourth-order valence-corrected chi connectivity index (χ4v) is 3.71. The molecule has 1 aromatic heterocycles. The van der Waals surface area contributed by atoms with E-state index < -0.39 is 9.84 Å². The van der Waals surface area contributed by atoms with Crippen molar-refractivity contribution in [3.63, 3.8) is 0 Å². The molecule has 0 spiro atoms. The molecule has 3 aromatic rings. The third-order valence-corrected chi connectivity index (χ3v) is 5.73. The van der Waals surface area contributed by atoms with Crippen LogP contribution >= 0.6 is 0 Å². The van der Waals surface area contributed by atoms with Crippen LogP contribution in [-0.2, 0) is 21.2 Å². The molecule has 0 atom stereocenters. The maximum absolute atomic E-state index is 12.5. The van der Waals surface area contributed by atoms with E-state index in [0.29, 0.717) is 18.1 Å². The van der Waals surface area contributed by atoms with Gasteiger partial charge in [0.05, 0.1) is 22.6 Å². The van der Waals surface area contributed by atoms with E-state index in [0.717, 1.165) is 0 Å². The minimum atomic E-state index is -3.57. The van der Waals surface area contributed by atoms with E-state index in [1.807, 2.05) is 0 Å². The molecular formula is C20H19NO5S. The van der Waals surface area contributed by atoms with Crippen LogP contribution in [0.2, 0.25) is 0 Å². The summed E-state index contributed by atoms with van der Waals surface area (Å²) in [7, 11) is -1.91. The first kappa shape index (κ1) is 18.7. The van der Waals surface area contributed by atoms with Crippen LogP contribution in [0, 0.1) is 0 Å². The summed E-state index contributed by atoms with van der Waals surface area (Å²) >= 11 is 0. The fourth-order valence-electron chi connectivity index (χ4n) is 2.43. The summed E-state index contributed by atoms with van der Waals surface area (Å²) in [5, 5.41) is 0. The Morgan fingerprint density at radius 3 is 2.26 bits per heavy atom. The lowest BCUT2D eigenvalue weighted by Gasteiger charge is -2.16. The zero-order valence-electron chi connectivity index (χ0n) is 14.7. The zero-order valence-corrected chi connectivity index (χ0v) is 15.6. The SMILES string of the molecule is CN(Cc1ccco1)C(=O)COc1ccc(S(=O)(=O)c2ccccc2)cc1. The number of amides is 1. The van der Waals surface area contributed by atoms with Gasteiger partial charge in [0, 0.05) is 7.05 Å². The Bertz CT molecular complexity index is 981. The molecule has 140 valence electrons. The first-order valence-corrected chi connectivity index (χ1v) is 9.74. The summed E-state index contributed by atoms with van der Waals surface area (Å²) in [6.45, 7) is 0.200. The minimum Gasteiger partial charge on any atom is -0.484 e. The number of ether oxygens (including phenoxy) is 1. The van der Waals surface area contributed by atoms with Gasteiger partial charge in [0.25, 0.3) is 5.91 Å². The van der Waals surface area contributed by atoms with Crippen LogP contribution in [0.3, 0.4) is 0 Å². The number of nitrogens with zero attached hydrogens (tertiary/aromatic N) is 1. The molecule has 0 aliphatic heterocycles. The second-order valence-corrected chi connectivity index (χ2v) is 7.86. The van der Waals surface area contributed by atoms with Crippen LogP contribution in [-0.4, -0.2) is 32.9 Å². The van der Waals surface area contributed by atoms with Gasteiger partial charge in [-0.3, -0.25) is 4.79 Å². The molecule has 7 heteroatoms. The quantitative estimate of drug-likeness (QED) is 0.624. The van der Waals surface area contributed by atoms with Crippen LogP contribution in [0.4, 0.5) is 0 Å². The van der Waals surface area contributed by atoms with Crippen molar-refractivity contribution in [3.05, 3.63) is 78.8 Å². The Hall–Kier alpha value is -3.06. The molecule has 0 N–H and O–H groups in total. The van der Waals surface area contributed by atoms with E-state index in [4.69, 9.17) is 9.15 Å². The number of hydrogen-bond acceptors (Lipinski definition) is 5. The first-order chi connectivity index (χ1) is 13.0. The second-order valence-electron chi connectivity index (χ2n) is 5.91. The predicted octanol–water partition coefficient (Wildman–Crippen LogP) is 3.15. The van der Waals surface area contributed by atoms with Crippen molar-refractivity contribution in [2.45, 2.75) is 16.3 Å². The third kappa shape index (κ3) is 4.57. The zero-order chi connectivity index (χ0) is 19.3. The minimum absolute atomic E-state index is 0.151. The molecule has 1 amide bonds. The average Bonchev–Trinajstić information content (AvgIpc) is 3.20. The number of furan rings is 1. The van der Waals surface area contributed by atoms with Crippen LogP contribution in [0.1, 0.15) is 5.76 Å². The summed E-state index contributed by atoms with van der Waals surface area (Å²) in [4.78, 5) is 14.0. The number of hydrogen-bond donors (Lipinski definition) is 0. The van der Waals surface area contributed by atoms with Gasteiger partial charge in [-0.1, -0.05) is 18.2 Å². The number of carbonyl (C=O) groups is 1. The van der Waals surface area contributed by atoms with Gasteiger partial charge in [-0.2, -0.15) is 0 Å². The smallest absolute Gasteiger partial charge is 0.260 e. The highest BCUT2D eigenvalue weighted by atomic mass is 32.2. The number of likely N-dealkylation sites (N-methyl/N-ethyl adjacent to an activating group) is 1. The maximum Gasteiger partial charge on any atom is 0.260 e. The lowest BCUT2D eigenvalue weighted by atomic mass is 10.3.